The molecular weight excluding hydrogens is 346 g/mol. The van der Waals surface area contributed by atoms with Crippen molar-refractivity contribution in [2.24, 2.45) is 0 Å². The summed E-state index contributed by atoms with van der Waals surface area (Å²) < 4.78 is 4.67. The van der Waals surface area contributed by atoms with Crippen LogP contribution in [0.5, 0.6) is 0 Å². The molecule has 2 rings (SSSR count). The van der Waals surface area contributed by atoms with Crippen molar-refractivity contribution in [3.05, 3.63) is 35.0 Å². The lowest BCUT2D eigenvalue weighted by atomic mass is 10.2. The van der Waals surface area contributed by atoms with Gasteiger partial charge in [0.2, 0.25) is 0 Å². The summed E-state index contributed by atoms with van der Waals surface area (Å²) in [4.78, 5) is 27.1. The summed E-state index contributed by atoms with van der Waals surface area (Å²) >= 11 is 6.02. The molecule has 8 nitrogen and oxygen atoms in total. The molecule has 0 aliphatic carbocycles. The van der Waals surface area contributed by atoms with Crippen molar-refractivity contribution in [1.82, 2.24) is 9.80 Å². The smallest absolute Gasteiger partial charge is 0.409 e. The number of ether oxygens (including phenoxy) is 1. The molecule has 1 fully saturated rings. The van der Waals surface area contributed by atoms with Crippen molar-refractivity contribution in [2.75, 3.05) is 44.3 Å². The third kappa shape index (κ3) is 4.78. The molecule has 2 amide bonds. The Morgan fingerprint density at radius 3 is 2.60 bits per heavy atom. The second kappa shape index (κ2) is 8.26. The number of benzene rings is 1. The lowest BCUT2D eigenvalue weighted by Gasteiger charge is -2.33. The standard InChI is InChI=1S/C16H18ClN5O3/c1-25-16(24)22-6-4-21(5-7-22)10-11(9-18)15(23)20-14-3-2-12(19)8-13(14)17/h2-3,8,10H,4-7,19H2,1H3,(H,20,23)/b11-10-. The van der Waals surface area contributed by atoms with Gasteiger partial charge in [-0.25, -0.2) is 4.79 Å². The van der Waals surface area contributed by atoms with Crippen molar-refractivity contribution >= 4 is 35.0 Å². The van der Waals surface area contributed by atoms with Gasteiger partial charge in [0.05, 0.1) is 17.8 Å². The zero-order chi connectivity index (χ0) is 18.4. The highest BCUT2D eigenvalue weighted by molar-refractivity contribution is 6.34. The molecule has 1 aromatic rings. The van der Waals surface area contributed by atoms with E-state index in [9.17, 15) is 14.9 Å². The fourth-order valence-electron chi connectivity index (χ4n) is 2.31. The number of methoxy groups -OCH3 is 1. The first kappa shape index (κ1) is 18.4. The molecule has 1 heterocycles. The molecule has 1 aromatic carbocycles. The SMILES string of the molecule is COC(=O)N1CCN(/C=C(/C#N)C(=O)Nc2ccc(N)cc2Cl)CC1. The number of hydrogen-bond acceptors (Lipinski definition) is 6. The van der Waals surface area contributed by atoms with Crippen LogP contribution in [-0.4, -0.2) is 55.1 Å². The molecule has 0 radical (unpaired) electrons. The van der Waals surface area contributed by atoms with Gasteiger partial charge in [-0.05, 0) is 18.2 Å². The van der Waals surface area contributed by atoms with E-state index in [4.69, 9.17) is 17.3 Å². The number of anilines is 2. The predicted octanol–water partition coefficient (Wildman–Crippen LogP) is 1.65. The monoisotopic (exact) mass is 363 g/mol. The Hall–Kier alpha value is -2.92. The maximum Gasteiger partial charge on any atom is 0.409 e. The van der Waals surface area contributed by atoms with E-state index < -0.39 is 5.91 Å². The predicted molar refractivity (Wildman–Crippen MR) is 93.7 cm³/mol. The molecule has 1 saturated heterocycles. The molecule has 0 bridgehead atoms. The first-order valence-corrected chi connectivity index (χ1v) is 7.87. The number of nitrogens with one attached hydrogen (secondary N) is 1. The van der Waals surface area contributed by atoms with Gasteiger partial charge in [0.1, 0.15) is 11.6 Å². The molecule has 25 heavy (non-hydrogen) atoms. The Morgan fingerprint density at radius 1 is 1.36 bits per heavy atom. The minimum atomic E-state index is -0.565. The Bertz CT molecular complexity index is 736. The highest BCUT2D eigenvalue weighted by Gasteiger charge is 2.21. The van der Waals surface area contributed by atoms with Crippen LogP contribution >= 0.6 is 11.6 Å². The minimum Gasteiger partial charge on any atom is -0.453 e. The maximum absolute atomic E-state index is 12.3. The van der Waals surface area contributed by atoms with Gasteiger partial charge in [0, 0.05) is 38.1 Å². The second-order valence-electron chi connectivity index (χ2n) is 5.34. The third-order valence-corrected chi connectivity index (χ3v) is 3.98. The summed E-state index contributed by atoms with van der Waals surface area (Å²) in [5.41, 5.74) is 6.40. The summed E-state index contributed by atoms with van der Waals surface area (Å²) in [6, 6.07) is 6.56. The number of nitriles is 1. The molecular formula is C16H18ClN5O3. The molecule has 0 spiro atoms. The van der Waals surface area contributed by atoms with E-state index in [1.807, 2.05) is 11.0 Å². The number of halogens is 1. The van der Waals surface area contributed by atoms with E-state index in [1.165, 1.54) is 19.4 Å². The number of hydrogen-bond donors (Lipinski definition) is 2. The van der Waals surface area contributed by atoms with Crippen LogP contribution < -0.4 is 11.1 Å². The molecule has 3 N–H and O–H groups in total. The Kier molecular flexibility index (Phi) is 6.08. The van der Waals surface area contributed by atoms with Gasteiger partial charge < -0.3 is 25.6 Å². The zero-order valence-electron chi connectivity index (χ0n) is 13.7. The van der Waals surface area contributed by atoms with Crippen molar-refractivity contribution in [1.29, 1.82) is 5.26 Å². The largest absolute Gasteiger partial charge is 0.453 e. The molecule has 1 aliphatic heterocycles. The van der Waals surface area contributed by atoms with E-state index in [1.54, 1.807) is 17.0 Å². The number of nitrogens with zero attached hydrogens (tertiary/aromatic N) is 3. The summed E-state index contributed by atoms with van der Waals surface area (Å²) in [7, 11) is 1.33. The molecule has 9 heteroatoms. The number of amides is 2. The topological polar surface area (TPSA) is 112 Å². The van der Waals surface area contributed by atoms with E-state index in [2.05, 4.69) is 10.1 Å². The number of nitrogens with two attached hydrogens (primary N) is 1. The third-order valence-electron chi connectivity index (χ3n) is 3.67. The van der Waals surface area contributed by atoms with Crippen LogP contribution in [0.4, 0.5) is 16.2 Å². The summed E-state index contributed by atoms with van der Waals surface area (Å²) in [5, 5.41) is 12.1. The van der Waals surface area contributed by atoms with Gasteiger partial charge in [-0.15, -0.1) is 0 Å². The number of rotatable bonds is 3. The highest BCUT2D eigenvalue weighted by Crippen LogP contribution is 2.24. The maximum atomic E-state index is 12.3. The van der Waals surface area contributed by atoms with Crippen molar-refractivity contribution in [2.45, 2.75) is 0 Å². The highest BCUT2D eigenvalue weighted by atomic mass is 35.5. The first-order chi connectivity index (χ1) is 11.9. The van der Waals surface area contributed by atoms with Crippen LogP contribution in [0.25, 0.3) is 0 Å². The van der Waals surface area contributed by atoms with Crippen molar-refractivity contribution in [3.63, 3.8) is 0 Å². The lowest BCUT2D eigenvalue weighted by Crippen LogP contribution is -2.47. The molecule has 1 aliphatic rings. The van der Waals surface area contributed by atoms with Gasteiger partial charge in [0.15, 0.2) is 0 Å². The van der Waals surface area contributed by atoms with Gasteiger partial charge >= 0.3 is 6.09 Å². The molecule has 0 atom stereocenters. The normalized spacial score (nSPS) is 14.7. The lowest BCUT2D eigenvalue weighted by molar-refractivity contribution is -0.112. The number of piperazine rings is 1. The van der Waals surface area contributed by atoms with Gasteiger partial charge in [-0.3, -0.25) is 4.79 Å². The summed E-state index contributed by atoms with van der Waals surface area (Å²) in [6.45, 7) is 1.90. The van der Waals surface area contributed by atoms with E-state index in [0.29, 0.717) is 37.6 Å². The average molecular weight is 364 g/mol. The summed E-state index contributed by atoms with van der Waals surface area (Å²) in [5.74, 6) is -0.565. The fraction of sp³-hybridized carbons (Fsp3) is 0.312. The van der Waals surface area contributed by atoms with Crippen LogP contribution in [0.2, 0.25) is 5.02 Å². The van der Waals surface area contributed by atoms with Crippen LogP contribution in [0, 0.1) is 11.3 Å². The van der Waals surface area contributed by atoms with Crippen LogP contribution in [0.3, 0.4) is 0 Å². The second-order valence-corrected chi connectivity index (χ2v) is 5.75. The Labute approximate surface area is 150 Å². The van der Waals surface area contributed by atoms with E-state index in [-0.39, 0.29) is 16.7 Å². The van der Waals surface area contributed by atoms with E-state index >= 15 is 0 Å². The molecule has 0 unspecified atom stereocenters. The van der Waals surface area contributed by atoms with Gasteiger partial charge in [-0.1, -0.05) is 11.6 Å². The summed E-state index contributed by atoms with van der Waals surface area (Å²) in [6.07, 6.45) is 1.09. The molecule has 0 saturated carbocycles. The van der Waals surface area contributed by atoms with Gasteiger partial charge in [-0.2, -0.15) is 5.26 Å². The molecule has 0 aromatic heterocycles. The van der Waals surface area contributed by atoms with Crippen LogP contribution in [-0.2, 0) is 9.53 Å². The molecule has 132 valence electrons. The van der Waals surface area contributed by atoms with Crippen LogP contribution in [0.1, 0.15) is 0 Å². The number of nitrogen functional groups attached to an aromatic ring is 1. The Balaban J connectivity index is 2.01. The van der Waals surface area contributed by atoms with E-state index in [0.717, 1.165) is 0 Å². The first-order valence-electron chi connectivity index (χ1n) is 7.50. The van der Waals surface area contributed by atoms with Crippen LogP contribution in [0.15, 0.2) is 30.0 Å². The van der Waals surface area contributed by atoms with Crippen molar-refractivity contribution < 1.29 is 14.3 Å². The number of carbonyl (C=O) groups excluding carboxylic acids is 2. The minimum absolute atomic E-state index is 0.0561. The quantitative estimate of drug-likeness (QED) is 0.480. The number of carbonyl (C=O) groups is 2. The zero-order valence-corrected chi connectivity index (χ0v) is 14.4. The van der Waals surface area contributed by atoms with Crippen molar-refractivity contribution in [3.8, 4) is 6.07 Å². The average Bonchev–Trinajstić information content (AvgIpc) is 2.61. The fourth-order valence-corrected chi connectivity index (χ4v) is 2.54. The Morgan fingerprint density at radius 2 is 2.04 bits per heavy atom. The van der Waals surface area contributed by atoms with Gasteiger partial charge in [0.25, 0.3) is 5.91 Å².